The van der Waals surface area contributed by atoms with Crippen LogP contribution in [0.4, 0.5) is 5.69 Å². The summed E-state index contributed by atoms with van der Waals surface area (Å²) in [7, 11) is 0. The van der Waals surface area contributed by atoms with Gasteiger partial charge in [0.05, 0.1) is 6.04 Å². The predicted molar refractivity (Wildman–Crippen MR) is 85.3 cm³/mol. The van der Waals surface area contributed by atoms with Crippen LogP contribution in [0.1, 0.15) is 42.4 Å². The first-order chi connectivity index (χ1) is 10.2. The third-order valence-corrected chi connectivity index (χ3v) is 3.22. The van der Waals surface area contributed by atoms with Crippen LogP contribution in [0.2, 0.25) is 0 Å². The minimum absolute atomic E-state index is 0.0484. The van der Waals surface area contributed by atoms with Crippen molar-refractivity contribution < 1.29 is 4.79 Å². The van der Waals surface area contributed by atoms with Crippen LogP contribution < -0.4 is 10.6 Å². The van der Waals surface area contributed by atoms with Gasteiger partial charge in [0.15, 0.2) is 0 Å². The van der Waals surface area contributed by atoms with Gasteiger partial charge in [-0.05, 0) is 31.0 Å². The molecule has 1 aromatic heterocycles. The van der Waals surface area contributed by atoms with Gasteiger partial charge in [-0.15, -0.1) is 0 Å². The van der Waals surface area contributed by atoms with Crippen molar-refractivity contribution >= 4 is 11.6 Å². The molecular formula is C17H21N3O. The van der Waals surface area contributed by atoms with Gasteiger partial charge in [0.1, 0.15) is 5.69 Å². The first-order valence-electron chi connectivity index (χ1n) is 7.26. The number of rotatable bonds is 6. The number of nitrogens with zero attached hydrogens (tertiary/aromatic N) is 1. The molecule has 2 rings (SSSR count). The van der Waals surface area contributed by atoms with E-state index in [1.165, 1.54) is 0 Å². The molecule has 1 aromatic carbocycles. The number of pyridine rings is 1. The largest absolute Gasteiger partial charge is 0.385 e. The number of anilines is 1. The summed E-state index contributed by atoms with van der Waals surface area (Å²) in [5, 5.41) is 6.22. The first kappa shape index (κ1) is 15.0. The van der Waals surface area contributed by atoms with Gasteiger partial charge in [0.25, 0.3) is 5.91 Å². The topological polar surface area (TPSA) is 54.0 Å². The standard InChI is InChI=1S/C17H21N3O/c1-3-10-18-15-9-11-19-16(12-15)17(21)20-13(2)14-7-5-4-6-8-14/h4-9,11-13H,3,10H2,1-2H3,(H,18,19)(H,20,21). The monoisotopic (exact) mass is 283 g/mol. The summed E-state index contributed by atoms with van der Waals surface area (Å²) >= 11 is 0. The van der Waals surface area contributed by atoms with E-state index >= 15 is 0 Å². The van der Waals surface area contributed by atoms with Crippen LogP contribution in [-0.2, 0) is 0 Å². The van der Waals surface area contributed by atoms with Crippen LogP contribution in [0.3, 0.4) is 0 Å². The van der Waals surface area contributed by atoms with Crippen molar-refractivity contribution in [1.29, 1.82) is 0 Å². The van der Waals surface area contributed by atoms with Crippen LogP contribution in [0.15, 0.2) is 48.7 Å². The molecule has 1 atom stereocenters. The molecule has 0 aliphatic carbocycles. The van der Waals surface area contributed by atoms with Crippen molar-refractivity contribution in [1.82, 2.24) is 10.3 Å². The van der Waals surface area contributed by atoms with Gasteiger partial charge < -0.3 is 10.6 Å². The Kier molecular flexibility index (Phi) is 5.32. The Morgan fingerprint density at radius 3 is 2.71 bits per heavy atom. The summed E-state index contributed by atoms with van der Waals surface area (Å²) in [6.07, 6.45) is 2.69. The molecule has 1 amide bonds. The lowest BCUT2D eigenvalue weighted by molar-refractivity contribution is 0.0935. The molecular weight excluding hydrogens is 262 g/mol. The number of aromatic nitrogens is 1. The SMILES string of the molecule is CCCNc1ccnc(C(=O)NC(C)c2ccccc2)c1. The van der Waals surface area contributed by atoms with Crippen LogP contribution in [0, 0.1) is 0 Å². The molecule has 0 saturated carbocycles. The molecule has 0 radical (unpaired) electrons. The summed E-state index contributed by atoms with van der Waals surface area (Å²) in [6.45, 7) is 4.95. The normalized spacial score (nSPS) is 11.7. The number of carbonyl (C=O) groups is 1. The molecule has 0 bridgehead atoms. The molecule has 1 heterocycles. The van der Waals surface area contributed by atoms with Crippen LogP contribution in [0.5, 0.6) is 0 Å². The lowest BCUT2D eigenvalue weighted by Gasteiger charge is -2.14. The highest BCUT2D eigenvalue weighted by Gasteiger charge is 2.12. The quantitative estimate of drug-likeness (QED) is 0.854. The molecule has 0 fully saturated rings. The molecule has 1 unspecified atom stereocenters. The molecule has 0 aliphatic rings. The fourth-order valence-corrected chi connectivity index (χ4v) is 2.03. The second-order valence-electron chi connectivity index (χ2n) is 4.96. The van der Waals surface area contributed by atoms with Crippen molar-refractivity contribution in [2.75, 3.05) is 11.9 Å². The zero-order valence-corrected chi connectivity index (χ0v) is 12.5. The zero-order chi connectivity index (χ0) is 15.1. The summed E-state index contributed by atoms with van der Waals surface area (Å²) in [4.78, 5) is 16.4. The van der Waals surface area contributed by atoms with E-state index < -0.39 is 0 Å². The van der Waals surface area contributed by atoms with Crippen molar-refractivity contribution in [3.05, 3.63) is 59.9 Å². The van der Waals surface area contributed by atoms with Crippen molar-refractivity contribution in [3.8, 4) is 0 Å². The second kappa shape index (κ2) is 7.43. The van der Waals surface area contributed by atoms with Crippen LogP contribution >= 0.6 is 0 Å². The molecule has 0 spiro atoms. The summed E-state index contributed by atoms with van der Waals surface area (Å²) < 4.78 is 0. The van der Waals surface area contributed by atoms with E-state index in [0.717, 1.165) is 24.2 Å². The average molecular weight is 283 g/mol. The minimum Gasteiger partial charge on any atom is -0.385 e. The molecule has 0 saturated heterocycles. The average Bonchev–Trinajstić information content (AvgIpc) is 2.54. The maximum Gasteiger partial charge on any atom is 0.270 e. The lowest BCUT2D eigenvalue weighted by Crippen LogP contribution is -2.27. The van der Waals surface area contributed by atoms with Crippen molar-refractivity contribution in [3.63, 3.8) is 0 Å². The molecule has 2 N–H and O–H groups in total. The maximum absolute atomic E-state index is 12.3. The predicted octanol–water partition coefficient (Wildman–Crippen LogP) is 3.39. The highest BCUT2D eigenvalue weighted by molar-refractivity contribution is 5.93. The zero-order valence-electron chi connectivity index (χ0n) is 12.5. The second-order valence-corrected chi connectivity index (χ2v) is 4.96. The highest BCUT2D eigenvalue weighted by atomic mass is 16.1. The molecule has 0 aliphatic heterocycles. The highest BCUT2D eigenvalue weighted by Crippen LogP contribution is 2.13. The van der Waals surface area contributed by atoms with Gasteiger partial charge in [-0.25, -0.2) is 0 Å². The fourth-order valence-electron chi connectivity index (χ4n) is 2.03. The Hall–Kier alpha value is -2.36. The van der Waals surface area contributed by atoms with Crippen molar-refractivity contribution in [2.24, 2.45) is 0 Å². The Balaban J connectivity index is 2.03. The van der Waals surface area contributed by atoms with E-state index in [-0.39, 0.29) is 11.9 Å². The molecule has 110 valence electrons. The molecule has 4 nitrogen and oxygen atoms in total. The van der Waals surface area contributed by atoms with Gasteiger partial charge in [0.2, 0.25) is 0 Å². The van der Waals surface area contributed by atoms with Gasteiger partial charge in [-0.1, -0.05) is 37.3 Å². The third kappa shape index (κ3) is 4.31. The Morgan fingerprint density at radius 2 is 2.00 bits per heavy atom. The van der Waals surface area contributed by atoms with E-state index in [9.17, 15) is 4.79 Å². The van der Waals surface area contributed by atoms with Gasteiger partial charge in [-0.2, -0.15) is 0 Å². The number of carbonyl (C=O) groups excluding carboxylic acids is 1. The van der Waals surface area contributed by atoms with Gasteiger partial charge in [0, 0.05) is 18.4 Å². The smallest absolute Gasteiger partial charge is 0.270 e. The molecule has 2 aromatic rings. The van der Waals surface area contributed by atoms with Crippen molar-refractivity contribution in [2.45, 2.75) is 26.3 Å². The Bertz CT molecular complexity index is 584. The number of hydrogen-bond acceptors (Lipinski definition) is 3. The number of amides is 1. The van der Waals surface area contributed by atoms with E-state index in [4.69, 9.17) is 0 Å². The molecule has 21 heavy (non-hydrogen) atoms. The fraction of sp³-hybridized carbons (Fsp3) is 0.294. The lowest BCUT2D eigenvalue weighted by atomic mass is 10.1. The number of benzene rings is 1. The van der Waals surface area contributed by atoms with E-state index in [0.29, 0.717) is 5.69 Å². The van der Waals surface area contributed by atoms with Crippen LogP contribution in [0.25, 0.3) is 0 Å². The van der Waals surface area contributed by atoms with Crippen LogP contribution in [-0.4, -0.2) is 17.4 Å². The Morgan fingerprint density at radius 1 is 1.24 bits per heavy atom. The summed E-state index contributed by atoms with van der Waals surface area (Å²) in [6, 6.07) is 13.5. The van der Waals surface area contributed by atoms with E-state index in [2.05, 4.69) is 22.5 Å². The summed E-state index contributed by atoms with van der Waals surface area (Å²) in [5.74, 6) is -0.161. The van der Waals surface area contributed by atoms with E-state index in [1.807, 2.05) is 43.3 Å². The first-order valence-corrected chi connectivity index (χ1v) is 7.26. The number of nitrogens with one attached hydrogen (secondary N) is 2. The van der Waals surface area contributed by atoms with E-state index in [1.54, 1.807) is 12.3 Å². The van der Waals surface area contributed by atoms with Gasteiger partial charge >= 0.3 is 0 Å². The molecule has 4 heteroatoms. The summed E-state index contributed by atoms with van der Waals surface area (Å²) in [5.41, 5.74) is 2.43. The minimum atomic E-state index is -0.161. The maximum atomic E-state index is 12.3. The Labute approximate surface area is 125 Å². The number of hydrogen-bond donors (Lipinski definition) is 2. The third-order valence-electron chi connectivity index (χ3n) is 3.22. The van der Waals surface area contributed by atoms with Gasteiger partial charge in [-0.3, -0.25) is 9.78 Å².